The number of aliphatic hydroxyl groups excluding tert-OH is 1. The fraction of sp³-hybridized carbons (Fsp3) is 0.222. The first-order chi connectivity index (χ1) is 11.1. The summed E-state index contributed by atoms with van der Waals surface area (Å²) in [7, 11) is 0. The van der Waals surface area contributed by atoms with Crippen molar-refractivity contribution in [2.75, 3.05) is 16.8 Å². The fourth-order valence-corrected chi connectivity index (χ4v) is 2.80. The van der Waals surface area contributed by atoms with Crippen LogP contribution in [-0.4, -0.2) is 23.5 Å². The number of amides is 2. The summed E-state index contributed by atoms with van der Waals surface area (Å²) in [5.74, 6) is -0.461. The lowest BCUT2D eigenvalue weighted by Crippen LogP contribution is -2.25. The maximum absolute atomic E-state index is 12.2. The lowest BCUT2D eigenvalue weighted by Gasteiger charge is -2.16. The minimum atomic E-state index is -1.21. The van der Waals surface area contributed by atoms with Crippen molar-refractivity contribution in [3.05, 3.63) is 59.7 Å². The molecule has 0 aliphatic carbocycles. The highest BCUT2D eigenvalue weighted by Gasteiger charge is 2.23. The summed E-state index contributed by atoms with van der Waals surface area (Å²) in [6.07, 6.45) is -0.446. The molecule has 23 heavy (non-hydrogen) atoms. The molecule has 0 aromatic heterocycles. The Hall–Kier alpha value is -2.66. The largest absolute Gasteiger partial charge is 0.378 e. The van der Waals surface area contributed by atoms with E-state index in [1.54, 1.807) is 42.2 Å². The van der Waals surface area contributed by atoms with E-state index in [9.17, 15) is 14.7 Å². The highest BCUT2D eigenvalue weighted by atomic mass is 16.3. The third-order valence-electron chi connectivity index (χ3n) is 3.99. The number of hydrogen-bond donors (Lipinski definition) is 2. The first kappa shape index (κ1) is 15.2. The number of hydrogen-bond acceptors (Lipinski definition) is 3. The minimum Gasteiger partial charge on any atom is -0.378 e. The topological polar surface area (TPSA) is 69.6 Å². The van der Waals surface area contributed by atoms with Crippen LogP contribution >= 0.6 is 0 Å². The second-order valence-electron chi connectivity index (χ2n) is 5.57. The number of aliphatic hydroxyl groups is 1. The molecule has 0 spiro atoms. The van der Waals surface area contributed by atoms with E-state index in [1.165, 1.54) is 0 Å². The molecular weight excluding hydrogens is 292 g/mol. The van der Waals surface area contributed by atoms with Gasteiger partial charge < -0.3 is 15.3 Å². The van der Waals surface area contributed by atoms with E-state index in [0.717, 1.165) is 17.7 Å². The number of benzene rings is 2. The van der Waals surface area contributed by atoms with Gasteiger partial charge in [-0.15, -0.1) is 0 Å². The van der Waals surface area contributed by atoms with Gasteiger partial charge in [0.15, 0.2) is 6.10 Å². The van der Waals surface area contributed by atoms with E-state index in [1.807, 2.05) is 18.2 Å². The van der Waals surface area contributed by atoms with Gasteiger partial charge in [0.1, 0.15) is 0 Å². The molecule has 0 saturated heterocycles. The maximum Gasteiger partial charge on any atom is 0.257 e. The van der Waals surface area contributed by atoms with Crippen LogP contribution in [0.15, 0.2) is 48.5 Å². The summed E-state index contributed by atoms with van der Waals surface area (Å²) in [5, 5.41) is 12.8. The van der Waals surface area contributed by atoms with Gasteiger partial charge >= 0.3 is 0 Å². The quantitative estimate of drug-likeness (QED) is 0.913. The van der Waals surface area contributed by atoms with Crippen molar-refractivity contribution in [2.24, 2.45) is 0 Å². The smallest absolute Gasteiger partial charge is 0.257 e. The Morgan fingerprint density at radius 3 is 2.61 bits per heavy atom. The van der Waals surface area contributed by atoms with E-state index in [4.69, 9.17) is 0 Å². The first-order valence-corrected chi connectivity index (χ1v) is 7.51. The molecule has 1 atom stereocenters. The summed E-state index contributed by atoms with van der Waals surface area (Å²) >= 11 is 0. The van der Waals surface area contributed by atoms with Crippen LogP contribution in [0.1, 0.15) is 24.2 Å². The predicted molar refractivity (Wildman–Crippen MR) is 88.2 cm³/mol. The van der Waals surface area contributed by atoms with Crippen LogP contribution in [0.5, 0.6) is 0 Å². The number of nitrogens with zero attached hydrogens (tertiary/aromatic N) is 1. The monoisotopic (exact) mass is 310 g/mol. The van der Waals surface area contributed by atoms with Crippen molar-refractivity contribution in [3.8, 4) is 0 Å². The number of carbonyl (C=O) groups is 2. The van der Waals surface area contributed by atoms with Crippen LogP contribution in [0.4, 0.5) is 11.4 Å². The van der Waals surface area contributed by atoms with E-state index in [2.05, 4.69) is 5.32 Å². The van der Waals surface area contributed by atoms with Crippen molar-refractivity contribution < 1.29 is 14.7 Å². The Kier molecular flexibility index (Phi) is 4.12. The third-order valence-corrected chi connectivity index (χ3v) is 3.99. The number of nitrogens with one attached hydrogen (secondary N) is 1. The zero-order chi connectivity index (χ0) is 16.4. The van der Waals surface area contributed by atoms with Gasteiger partial charge in [0, 0.05) is 24.8 Å². The molecule has 1 aliphatic heterocycles. The summed E-state index contributed by atoms with van der Waals surface area (Å²) in [6.45, 7) is 2.20. The number of carbonyl (C=O) groups excluding carboxylic acids is 2. The molecule has 3 rings (SSSR count). The summed E-state index contributed by atoms with van der Waals surface area (Å²) in [6, 6.07) is 14.2. The van der Waals surface area contributed by atoms with Gasteiger partial charge in [0.05, 0.1) is 0 Å². The molecule has 1 heterocycles. The highest BCUT2D eigenvalue weighted by molar-refractivity contribution is 5.97. The molecule has 0 radical (unpaired) electrons. The van der Waals surface area contributed by atoms with Crippen molar-refractivity contribution in [3.63, 3.8) is 0 Å². The van der Waals surface area contributed by atoms with Crippen molar-refractivity contribution in [1.29, 1.82) is 0 Å². The molecule has 2 aromatic carbocycles. The molecule has 2 aromatic rings. The number of fused-ring (bicyclic) bond motifs is 1. The Morgan fingerprint density at radius 1 is 1.17 bits per heavy atom. The van der Waals surface area contributed by atoms with E-state index < -0.39 is 12.0 Å². The van der Waals surface area contributed by atoms with Gasteiger partial charge in [0.25, 0.3) is 5.91 Å². The fourth-order valence-electron chi connectivity index (χ4n) is 2.80. The number of anilines is 2. The van der Waals surface area contributed by atoms with Crippen LogP contribution in [0, 0.1) is 0 Å². The van der Waals surface area contributed by atoms with Gasteiger partial charge in [-0.1, -0.05) is 30.3 Å². The molecule has 1 unspecified atom stereocenters. The minimum absolute atomic E-state index is 0.0139. The summed E-state index contributed by atoms with van der Waals surface area (Å²) < 4.78 is 0. The standard InChI is InChI=1S/C18H18N2O3/c1-12(21)20-10-9-14-11-15(7-8-16(14)20)19-18(23)17(22)13-5-3-2-4-6-13/h2-8,11,17,22H,9-10H2,1H3,(H,19,23). The predicted octanol–water partition coefficient (Wildman–Crippen LogP) is 2.27. The number of rotatable bonds is 3. The first-order valence-electron chi connectivity index (χ1n) is 7.51. The Morgan fingerprint density at radius 2 is 1.91 bits per heavy atom. The highest BCUT2D eigenvalue weighted by Crippen LogP contribution is 2.30. The van der Waals surface area contributed by atoms with Crippen LogP contribution in [-0.2, 0) is 16.0 Å². The van der Waals surface area contributed by atoms with Crippen molar-refractivity contribution >= 4 is 23.2 Å². The molecule has 0 bridgehead atoms. The Bertz CT molecular complexity index is 743. The van der Waals surface area contributed by atoms with E-state index in [-0.39, 0.29) is 5.91 Å². The lowest BCUT2D eigenvalue weighted by molar-refractivity contribution is -0.124. The van der Waals surface area contributed by atoms with E-state index >= 15 is 0 Å². The summed E-state index contributed by atoms with van der Waals surface area (Å²) in [5.41, 5.74) is 3.08. The molecule has 5 nitrogen and oxygen atoms in total. The van der Waals surface area contributed by atoms with Crippen LogP contribution in [0.3, 0.4) is 0 Å². The van der Waals surface area contributed by atoms with Crippen molar-refractivity contribution in [1.82, 2.24) is 0 Å². The second-order valence-corrected chi connectivity index (χ2v) is 5.57. The van der Waals surface area contributed by atoms with Crippen LogP contribution < -0.4 is 10.2 Å². The molecule has 118 valence electrons. The van der Waals surface area contributed by atoms with Gasteiger partial charge in [0.2, 0.25) is 5.91 Å². The lowest BCUT2D eigenvalue weighted by atomic mass is 10.1. The van der Waals surface area contributed by atoms with Gasteiger partial charge in [-0.05, 0) is 35.7 Å². The molecule has 0 saturated carbocycles. The molecule has 0 fully saturated rings. The zero-order valence-corrected chi connectivity index (χ0v) is 12.8. The van der Waals surface area contributed by atoms with Crippen LogP contribution in [0.2, 0.25) is 0 Å². The Balaban J connectivity index is 1.74. The molecule has 5 heteroatoms. The molecule has 2 amide bonds. The molecular formula is C18H18N2O3. The zero-order valence-electron chi connectivity index (χ0n) is 12.8. The van der Waals surface area contributed by atoms with Gasteiger partial charge in [-0.2, -0.15) is 0 Å². The maximum atomic E-state index is 12.2. The van der Waals surface area contributed by atoms with Crippen molar-refractivity contribution in [2.45, 2.75) is 19.4 Å². The van der Waals surface area contributed by atoms with Gasteiger partial charge in [-0.25, -0.2) is 0 Å². The molecule has 1 aliphatic rings. The molecule has 2 N–H and O–H groups in total. The average Bonchev–Trinajstić information content (AvgIpc) is 2.98. The second kappa shape index (κ2) is 6.22. The summed E-state index contributed by atoms with van der Waals surface area (Å²) in [4.78, 5) is 25.4. The SMILES string of the molecule is CC(=O)N1CCc2cc(NC(=O)C(O)c3ccccc3)ccc21. The Labute approximate surface area is 134 Å². The normalized spacial score (nSPS) is 14.3. The average molecular weight is 310 g/mol. The van der Waals surface area contributed by atoms with Gasteiger partial charge in [-0.3, -0.25) is 9.59 Å². The van der Waals surface area contributed by atoms with Crippen LogP contribution in [0.25, 0.3) is 0 Å². The van der Waals surface area contributed by atoms with E-state index in [0.29, 0.717) is 17.8 Å². The third kappa shape index (κ3) is 3.10.